The van der Waals surface area contributed by atoms with Crippen molar-refractivity contribution in [1.82, 2.24) is 30.4 Å². The van der Waals surface area contributed by atoms with Crippen molar-refractivity contribution in [3.8, 4) is 34.4 Å². The molecule has 0 amide bonds. The number of aromatic amines is 1. The number of piperidine rings is 1. The molecular weight excluding hydrogens is 685 g/mol. The van der Waals surface area contributed by atoms with E-state index in [4.69, 9.17) is 37.4 Å². The molecule has 0 bridgehead atoms. The second-order valence-electron chi connectivity index (χ2n) is 12.8. The number of nitrogens with one attached hydrogen (secondary N) is 2. The Bertz CT molecular complexity index is 1970. The van der Waals surface area contributed by atoms with E-state index >= 15 is 0 Å². The van der Waals surface area contributed by atoms with E-state index in [2.05, 4.69) is 56.5 Å². The number of likely N-dealkylation sites (tertiary alicyclic amines) is 1. The molecule has 3 heterocycles. The Balaban J connectivity index is 1.17. The van der Waals surface area contributed by atoms with Gasteiger partial charge in [0.15, 0.2) is 0 Å². The van der Waals surface area contributed by atoms with Crippen molar-refractivity contribution in [3.63, 3.8) is 0 Å². The Kier molecular flexibility index (Phi) is 12.4. The molecule has 5 aromatic rings. The molecule has 6 rings (SSSR count). The number of halogens is 2. The number of benzene rings is 3. The second-order valence-corrected chi connectivity index (χ2v) is 13.6. The number of hydrogen-bond donors (Lipinski definition) is 2. The van der Waals surface area contributed by atoms with Crippen LogP contribution in [-0.2, 0) is 26.2 Å². The van der Waals surface area contributed by atoms with Crippen LogP contribution in [0.5, 0.6) is 17.2 Å². The van der Waals surface area contributed by atoms with E-state index in [1.807, 2.05) is 42.5 Å². The van der Waals surface area contributed by atoms with Gasteiger partial charge in [0.2, 0.25) is 0 Å². The average molecular weight is 727 g/mol. The molecule has 1 aliphatic rings. The molecule has 264 valence electrons. The number of nitrogens with zero attached hydrogens (tertiary/aromatic N) is 5. The van der Waals surface area contributed by atoms with E-state index in [-0.39, 0.29) is 13.2 Å². The van der Waals surface area contributed by atoms with E-state index in [1.165, 1.54) is 25.4 Å². The van der Waals surface area contributed by atoms with Crippen LogP contribution in [0.25, 0.3) is 11.1 Å². The molecule has 0 spiro atoms. The number of aromatic nitrogens is 4. The first-order chi connectivity index (χ1) is 24.9. The molecule has 2 aromatic heterocycles. The molecule has 0 radical (unpaired) electrons. The standard InChI is InChI=1S/C39H41Cl2N7O3/c1-26-30(7-3-8-32(26)33-9-4-10-35(39(33)41)49-22-27-6-5-13-48(2)21-27)24-51-37-16-36(50-23-29-14-28(17-42)18-44-19-29)31(15-34(37)40)20-43-12-11-38-45-25-46-47-38/h3-4,7-10,14-16,18-19,25,27,43H,5-6,11-13,20-24H2,1-2H3,(H,45,46,47). The van der Waals surface area contributed by atoms with Crippen molar-refractivity contribution >= 4 is 23.2 Å². The third kappa shape index (κ3) is 9.57. The fourth-order valence-corrected chi connectivity index (χ4v) is 6.79. The van der Waals surface area contributed by atoms with Gasteiger partial charge in [-0.05, 0) is 68.2 Å². The minimum atomic E-state index is 0.219. The monoisotopic (exact) mass is 725 g/mol. The molecular formula is C39H41Cl2N7O3. The molecule has 1 aliphatic heterocycles. The van der Waals surface area contributed by atoms with Gasteiger partial charge in [-0.1, -0.05) is 53.5 Å². The number of pyridine rings is 1. The molecule has 1 saturated heterocycles. The molecule has 51 heavy (non-hydrogen) atoms. The normalized spacial score (nSPS) is 14.6. The van der Waals surface area contributed by atoms with Gasteiger partial charge in [-0.3, -0.25) is 10.1 Å². The zero-order valence-corrected chi connectivity index (χ0v) is 30.3. The van der Waals surface area contributed by atoms with E-state index in [9.17, 15) is 5.26 Å². The lowest BCUT2D eigenvalue weighted by atomic mass is 9.96. The lowest BCUT2D eigenvalue weighted by Crippen LogP contribution is -2.34. The Morgan fingerprint density at radius 1 is 0.980 bits per heavy atom. The maximum absolute atomic E-state index is 9.31. The SMILES string of the molecule is Cc1c(COc2cc(OCc3cncc(C#N)c3)c(CNCCc3ncn[nH]3)cc2Cl)cccc1-c1cccc(OCC2CCCN(C)C2)c1Cl. The van der Waals surface area contributed by atoms with Gasteiger partial charge in [-0.2, -0.15) is 10.4 Å². The first kappa shape index (κ1) is 36.1. The highest BCUT2D eigenvalue weighted by Crippen LogP contribution is 2.39. The quantitative estimate of drug-likeness (QED) is 0.105. The summed E-state index contributed by atoms with van der Waals surface area (Å²) in [6.45, 7) is 6.57. The fourth-order valence-electron chi connectivity index (χ4n) is 6.26. The number of hydrogen-bond acceptors (Lipinski definition) is 9. The topological polar surface area (TPSA) is 121 Å². The van der Waals surface area contributed by atoms with E-state index in [0.717, 1.165) is 52.3 Å². The average Bonchev–Trinajstić information content (AvgIpc) is 3.67. The molecule has 1 fully saturated rings. The molecule has 1 atom stereocenters. The van der Waals surface area contributed by atoms with Crippen LogP contribution in [0.15, 0.2) is 73.3 Å². The summed E-state index contributed by atoms with van der Waals surface area (Å²) >= 11 is 13.8. The third-order valence-electron chi connectivity index (χ3n) is 9.03. The van der Waals surface area contributed by atoms with Crippen LogP contribution in [0.3, 0.4) is 0 Å². The molecule has 12 heteroatoms. The predicted molar refractivity (Wildman–Crippen MR) is 198 cm³/mol. The van der Waals surface area contributed by atoms with Crippen molar-refractivity contribution in [2.75, 3.05) is 33.3 Å². The molecule has 0 saturated carbocycles. The van der Waals surface area contributed by atoms with Gasteiger partial charge >= 0.3 is 0 Å². The zero-order valence-electron chi connectivity index (χ0n) is 28.8. The van der Waals surface area contributed by atoms with Crippen molar-refractivity contribution in [2.45, 2.75) is 45.9 Å². The minimum absolute atomic E-state index is 0.219. The summed E-state index contributed by atoms with van der Waals surface area (Å²) in [5.74, 6) is 3.10. The summed E-state index contributed by atoms with van der Waals surface area (Å²) in [7, 11) is 2.16. The van der Waals surface area contributed by atoms with Crippen LogP contribution in [0.2, 0.25) is 10.0 Å². The zero-order chi connectivity index (χ0) is 35.6. The van der Waals surface area contributed by atoms with Crippen LogP contribution in [0.4, 0.5) is 0 Å². The van der Waals surface area contributed by atoms with Crippen LogP contribution < -0.4 is 19.5 Å². The van der Waals surface area contributed by atoms with Crippen molar-refractivity contribution < 1.29 is 14.2 Å². The van der Waals surface area contributed by atoms with E-state index < -0.39 is 0 Å². The van der Waals surface area contributed by atoms with Crippen LogP contribution >= 0.6 is 23.2 Å². The highest BCUT2D eigenvalue weighted by atomic mass is 35.5. The van der Waals surface area contributed by atoms with Crippen molar-refractivity contribution in [2.24, 2.45) is 5.92 Å². The number of H-pyrrole nitrogens is 1. The smallest absolute Gasteiger partial charge is 0.142 e. The third-order valence-corrected chi connectivity index (χ3v) is 9.72. The first-order valence-electron chi connectivity index (χ1n) is 17.0. The summed E-state index contributed by atoms with van der Waals surface area (Å²) in [6.07, 6.45) is 7.74. The van der Waals surface area contributed by atoms with Gasteiger partial charge in [0.1, 0.15) is 48.7 Å². The van der Waals surface area contributed by atoms with Gasteiger partial charge < -0.3 is 24.4 Å². The minimum Gasteiger partial charge on any atom is -0.492 e. The maximum Gasteiger partial charge on any atom is 0.142 e. The number of rotatable bonds is 15. The van der Waals surface area contributed by atoms with E-state index in [1.54, 1.807) is 12.3 Å². The lowest BCUT2D eigenvalue weighted by Gasteiger charge is -2.29. The van der Waals surface area contributed by atoms with Gasteiger partial charge in [-0.15, -0.1) is 0 Å². The molecule has 1 unspecified atom stereocenters. The van der Waals surface area contributed by atoms with Crippen LogP contribution in [0.1, 0.15) is 46.5 Å². The second kappa shape index (κ2) is 17.5. The maximum atomic E-state index is 9.31. The molecule has 10 nitrogen and oxygen atoms in total. The highest BCUT2D eigenvalue weighted by Gasteiger charge is 2.20. The first-order valence-corrected chi connectivity index (χ1v) is 17.8. The van der Waals surface area contributed by atoms with Crippen LogP contribution in [0, 0.1) is 24.2 Å². The Morgan fingerprint density at radius 3 is 2.65 bits per heavy atom. The summed E-state index contributed by atoms with van der Waals surface area (Å²) in [6, 6.07) is 19.6. The molecule has 2 N–H and O–H groups in total. The largest absolute Gasteiger partial charge is 0.492 e. The van der Waals surface area contributed by atoms with Gasteiger partial charge in [0.25, 0.3) is 0 Å². The van der Waals surface area contributed by atoms with Crippen molar-refractivity contribution in [1.29, 1.82) is 5.26 Å². The summed E-state index contributed by atoms with van der Waals surface area (Å²) < 4.78 is 18.9. The summed E-state index contributed by atoms with van der Waals surface area (Å²) in [4.78, 5) is 10.7. The van der Waals surface area contributed by atoms with Crippen molar-refractivity contribution in [3.05, 3.63) is 117 Å². The predicted octanol–water partition coefficient (Wildman–Crippen LogP) is 7.56. The lowest BCUT2D eigenvalue weighted by molar-refractivity contribution is 0.150. The number of ether oxygens (including phenoxy) is 3. The molecule has 0 aliphatic carbocycles. The molecule has 3 aromatic carbocycles. The Hall–Kier alpha value is -4.66. The van der Waals surface area contributed by atoms with E-state index in [0.29, 0.717) is 64.9 Å². The van der Waals surface area contributed by atoms with Gasteiger partial charge in [0.05, 0.1) is 22.2 Å². The van der Waals surface area contributed by atoms with Crippen LogP contribution in [-0.4, -0.2) is 58.4 Å². The fraction of sp³-hybridized carbons (Fsp3) is 0.333. The van der Waals surface area contributed by atoms with Gasteiger partial charge in [0, 0.05) is 67.1 Å². The Labute approximate surface area is 308 Å². The number of nitriles is 1. The highest BCUT2D eigenvalue weighted by molar-refractivity contribution is 6.35. The van der Waals surface area contributed by atoms with Gasteiger partial charge in [-0.25, -0.2) is 4.98 Å². The summed E-state index contributed by atoms with van der Waals surface area (Å²) in [5.41, 5.74) is 6.08. The summed E-state index contributed by atoms with van der Waals surface area (Å²) in [5, 5.41) is 20.6. The Morgan fingerprint density at radius 2 is 1.82 bits per heavy atom.